The first-order chi connectivity index (χ1) is 13.0. The highest BCUT2D eigenvalue weighted by Crippen LogP contribution is 2.42. The van der Waals surface area contributed by atoms with Crippen LogP contribution >= 0.6 is 0 Å². The number of hydrogen-bond donors (Lipinski definition) is 2. The topological polar surface area (TPSA) is 90.0 Å². The van der Waals surface area contributed by atoms with Gasteiger partial charge in [0.2, 0.25) is 5.91 Å². The first-order valence-corrected chi connectivity index (χ1v) is 10.3. The van der Waals surface area contributed by atoms with E-state index in [1.165, 1.54) is 18.9 Å². The highest BCUT2D eigenvalue weighted by molar-refractivity contribution is 5.98. The van der Waals surface area contributed by atoms with E-state index in [9.17, 15) is 19.6 Å². The zero-order valence-electron chi connectivity index (χ0n) is 18.7. The minimum Gasteiger partial charge on any atom is -0.341 e. The Labute approximate surface area is 170 Å². The summed E-state index contributed by atoms with van der Waals surface area (Å²) in [5, 5.41) is 13.3. The summed E-state index contributed by atoms with van der Waals surface area (Å²) < 4.78 is 0. The van der Waals surface area contributed by atoms with E-state index in [0.29, 0.717) is 37.3 Å². The Morgan fingerprint density at radius 1 is 1.14 bits per heavy atom. The molecule has 28 heavy (non-hydrogen) atoms. The van der Waals surface area contributed by atoms with Crippen molar-refractivity contribution in [1.82, 2.24) is 15.3 Å². The van der Waals surface area contributed by atoms with Gasteiger partial charge < -0.3 is 5.32 Å². The third-order valence-corrected chi connectivity index (χ3v) is 5.37. The van der Waals surface area contributed by atoms with Crippen LogP contribution in [-0.2, 0) is 9.59 Å². The molecule has 0 aliphatic heterocycles. The monoisotopic (exact) mass is 397 g/mol. The van der Waals surface area contributed by atoms with Gasteiger partial charge in [0.05, 0.1) is 11.3 Å². The van der Waals surface area contributed by atoms with Crippen LogP contribution in [0.3, 0.4) is 0 Å². The number of allylic oxidation sites excluding steroid dienone is 1. The maximum atomic E-state index is 13.5. The molecule has 0 spiro atoms. The van der Waals surface area contributed by atoms with Gasteiger partial charge in [-0.15, -0.1) is 0 Å². The lowest BCUT2D eigenvalue weighted by molar-refractivity contribution is -0.176. The van der Waals surface area contributed by atoms with Gasteiger partial charge in [-0.2, -0.15) is 5.06 Å². The predicted octanol–water partition coefficient (Wildman–Crippen LogP) is 4.17. The van der Waals surface area contributed by atoms with Crippen molar-refractivity contribution in [2.75, 3.05) is 13.6 Å². The molecular weight excluding hydrogens is 358 g/mol. The molecule has 4 amide bonds. The maximum absolute atomic E-state index is 13.5. The van der Waals surface area contributed by atoms with Crippen LogP contribution in [-0.4, -0.2) is 46.6 Å². The zero-order chi connectivity index (χ0) is 22.1. The van der Waals surface area contributed by atoms with Gasteiger partial charge in [-0.25, -0.2) is 4.79 Å². The number of rotatable bonds is 11. The van der Waals surface area contributed by atoms with Crippen LogP contribution in [0.2, 0.25) is 0 Å². The van der Waals surface area contributed by atoms with Crippen molar-refractivity contribution < 1.29 is 19.6 Å². The van der Waals surface area contributed by atoms with Gasteiger partial charge in [0, 0.05) is 19.3 Å². The van der Waals surface area contributed by atoms with E-state index in [1.807, 2.05) is 34.6 Å². The summed E-state index contributed by atoms with van der Waals surface area (Å²) in [4.78, 5) is 40.4. The lowest BCUT2D eigenvalue weighted by atomic mass is 9.66. The number of nitrogens with zero attached hydrogens (tertiary/aromatic N) is 2. The minimum atomic E-state index is -1.12. The number of unbranched alkanes of at least 4 members (excludes halogenated alkanes) is 1. The Morgan fingerprint density at radius 3 is 2.04 bits per heavy atom. The normalized spacial score (nSPS) is 12.5. The molecule has 0 aromatic rings. The van der Waals surface area contributed by atoms with Crippen molar-refractivity contribution in [2.45, 2.75) is 73.6 Å². The summed E-state index contributed by atoms with van der Waals surface area (Å²) in [6, 6.07) is -0.471. The minimum absolute atomic E-state index is 0.133. The molecule has 0 saturated carbocycles. The summed E-state index contributed by atoms with van der Waals surface area (Å²) in [6.07, 6.45) is 2.69. The zero-order valence-corrected chi connectivity index (χ0v) is 18.7. The third kappa shape index (κ3) is 6.06. The van der Waals surface area contributed by atoms with E-state index in [2.05, 4.69) is 11.9 Å². The van der Waals surface area contributed by atoms with Gasteiger partial charge in [0.25, 0.3) is 5.91 Å². The van der Waals surface area contributed by atoms with Crippen LogP contribution in [0.25, 0.3) is 0 Å². The Morgan fingerprint density at radius 2 is 1.68 bits per heavy atom. The second-order valence-electron chi connectivity index (χ2n) is 7.80. The number of imide groups is 1. The van der Waals surface area contributed by atoms with Crippen molar-refractivity contribution >= 4 is 17.8 Å². The van der Waals surface area contributed by atoms with E-state index < -0.39 is 23.3 Å². The number of carbonyl (C=O) groups is 3. The van der Waals surface area contributed by atoms with Crippen molar-refractivity contribution in [3.05, 3.63) is 12.3 Å². The van der Waals surface area contributed by atoms with Gasteiger partial charge in [-0.05, 0) is 38.5 Å². The smallest absolute Gasteiger partial charge is 0.323 e. The molecule has 7 nitrogen and oxygen atoms in total. The molecule has 0 aromatic heterocycles. The average Bonchev–Trinajstić information content (AvgIpc) is 2.66. The second-order valence-corrected chi connectivity index (χ2v) is 7.80. The Hall–Kier alpha value is -1.89. The third-order valence-electron chi connectivity index (χ3n) is 5.37. The van der Waals surface area contributed by atoms with E-state index in [4.69, 9.17) is 0 Å². The van der Waals surface area contributed by atoms with Crippen LogP contribution < -0.4 is 5.32 Å². The van der Waals surface area contributed by atoms with E-state index in [-0.39, 0.29) is 17.5 Å². The summed E-state index contributed by atoms with van der Waals surface area (Å²) in [5.74, 6) is -1.50. The summed E-state index contributed by atoms with van der Waals surface area (Å²) in [5.41, 5.74) is -0.922. The molecule has 0 aliphatic rings. The number of urea groups is 1. The van der Waals surface area contributed by atoms with Gasteiger partial charge in [-0.3, -0.25) is 19.7 Å². The highest BCUT2D eigenvalue weighted by Gasteiger charge is 2.50. The molecule has 0 fully saturated rings. The van der Waals surface area contributed by atoms with Crippen molar-refractivity contribution in [3.63, 3.8) is 0 Å². The fourth-order valence-electron chi connectivity index (χ4n) is 3.56. The molecule has 0 aliphatic carbocycles. The number of hydroxylamine groups is 2. The Balaban J connectivity index is 6.30. The lowest BCUT2D eigenvalue weighted by Gasteiger charge is -2.41. The van der Waals surface area contributed by atoms with Crippen molar-refractivity contribution in [2.24, 2.45) is 17.3 Å². The molecule has 0 heterocycles. The van der Waals surface area contributed by atoms with Gasteiger partial charge in [0.1, 0.15) is 0 Å². The molecule has 7 heteroatoms. The van der Waals surface area contributed by atoms with Crippen LogP contribution in [0.1, 0.15) is 73.6 Å². The molecular formula is C21H39N3O4. The van der Waals surface area contributed by atoms with E-state index >= 15 is 0 Å². The van der Waals surface area contributed by atoms with Gasteiger partial charge in [-0.1, -0.05) is 47.6 Å². The van der Waals surface area contributed by atoms with Gasteiger partial charge in [0.15, 0.2) is 0 Å². The number of hydrogen-bond acceptors (Lipinski definition) is 4. The molecule has 162 valence electrons. The average molecular weight is 398 g/mol. The first-order valence-electron chi connectivity index (χ1n) is 10.3. The summed E-state index contributed by atoms with van der Waals surface area (Å²) in [7, 11) is 1.49. The van der Waals surface area contributed by atoms with Crippen molar-refractivity contribution in [3.8, 4) is 0 Å². The molecule has 0 aromatic carbocycles. The maximum Gasteiger partial charge on any atom is 0.323 e. The Kier molecular flexibility index (Phi) is 11.0. The van der Waals surface area contributed by atoms with Gasteiger partial charge >= 0.3 is 6.03 Å². The molecule has 0 saturated heterocycles. The van der Waals surface area contributed by atoms with Crippen LogP contribution in [0.4, 0.5) is 4.79 Å². The van der Waals surface area contributed by atoms with Crippen LogP contribution in [0.15, 0.2) is 12.3 Å². The SMILES string of the molecule is C=C(C)N(O)C(=O)C(CC)(CC)[C@@H](CC(C)C)C(=O)N(CCCC)C(=O)NC. The Bertz CT molecular complexity index is 556. The number of carbonyl (C=O) groups excluding carboxylic acids is 3. The van der Waals surface area contributed by atoms with Crippen LogP contribution in [0.5, 0.6) is 0 Å². The summed E-state index contributed by atoms with van der Waals surface area (Å²) >= 11 is 0. The highest BCUT2D eigenvalue weighted by atomic mass is 16.5. The lowest BCUT2D eigenvalue weighted by Crippen LogP contribution is -2.54. The fourth-order valence-corrected chi connectivity index (χ4v) is 3.56. The molecule has 2 N–H and O–H groups in total. The van der Waals surface area contributed by atoms with E-state index in [1.54, 1.807) is 0 Å². The molecule has 0 bridgehead atoms. The predicted molar refractivity (Wildman–Crippen MR) is 110 cm³/mol. The largest absolute Gasteiger partial charge is 0.341 e. The fraction of sp³-hybridized carbons (Fsp3) is 0.762. The van der Waals surface area contributed by atoms with E-state index in [0.717, 1.165) is 6.42 Å². The molecule has 0 unspecified atom stereocenters. The summed E-state index contributed by atoms with van der Waals surface area (Å²) in [6.45, 7) is 15.1. The van der Waals surface area contributed by atoms with Crippen molar-refractivity contribution in [1.29, 1.82) is 0 Å². The molecule has 1 atom stereocenters. The number of nitrogens with one attached hydrogen (secondary N) is 1. The quantitative estimate of drug-likeness (QED) is 0.404. The number of amides is 4. The standard InChI is InChI=1S/C21H39N3O4/c1-9-12-13-23(20(27)22-8)18(25)17(14-15(4)5)21(10-2,11-3)19(26)24(28)16(6)7/h15,17,28H,6,9-14H2,1-5,7-8H3,(H,22,27)/t17-/m0/s1. The molecule has 0 rings (SSSR count). The first kappa shape index (κ1) is 26.1. The van der Waals surface area contributed by atoms with Crippen LogP contribution in [0, 0.1) is 17.3 Å². The second kappa shape index (κ2) is 11.8. The molecule has 0 radical (unpaired) electrons.